The molecular weight excluding hydrogens is 386 g/mol. The summed E-state index contributed by atoms with van der Waals surface area (Å²) in [5, 5.41) is 0. The van der Waals surface area contributed by atoms with Crippen LogP contribution >= 0.6 is 0 Å². The van der Waals surface area contributed by atoms with Crippen LogP contribution in [0.25, 0.3) is 11.0 Å². The topological polar surface area (TPSA) is 30.3 Å². The molecule has 154 valence electrons. The van der Waals surface area contributed by atoms with E-state index in [2.05, 4.69) is 4.98 Å². The molecular formula is C21H21F4N3O. The molecule has 29 heavy (non-hydrogen) atoms. The third-order valence-electron chi connectivity index (χ3n) is 5.38. The summed E-state index contributed by atoms with van der Waals surface area (Å²) in [6, 6.07) is 8.61. The largest absolute Gasteiger partial charge is 0.416 e. The Morgan fingerprint density at radius 2 is 1.97 bits per heavy atom. The lowest BCUT2D eigenvalue weighted by molar-refractivity contribution is -0.137. The number of hydrogen-bond acceptors (Lipinski definition) is 3. The van der Waals surface area contributed by atoms with E-state index in [0.717, 1.165) is 28.7 Å². The zero-order chi connectivity index (χ0) is 20.8. The minimum atomic E-state index is -4.57. The normalized spacial score (nSPS) is 21.0. The van der Waals surface area contributed by atoms with Gasteiger partial charge in [0.05, 0.1) is 29.5 Å². The summed E-state index contributed by atoms with van der Waals surface area (Å²) in [5.41, 5.74) is 1.52. The molecule has 0 amide bonds. The van der Waals surface area contributed by atoms with E-state index in [9.17, 15) is 17.6 Å². The van der Waals surface area contributed by atoms with Crippen LogP contribution in [0.4, 0.5) is 17.6 Å². The summed E-state index contributed by atoms with van der Waals surface area (Å²) in [5.74, 6) is -0.882. The molecule has 1 atom stereocenters. The van der Waals surface area contributed by atoms with Gasteiger partial charge in [0, 0.05) is 26.7 Å². The number of ether oxygens (including phenoxy) is 1. The molecule has 2 aromatic carbocycles. The van der Waals surface area contributed by atoms with Gasteiger partial charge in [-0.15, -0.1) is 0 Å². The summed E-state index contributed by atoms with van der Waals surface area (Å²) in [6.45, 7) is 3.65. The summed E-state index contributed by atoms with van der Waals surface area (Å²) in [6.07, 6.45) is -2.83. The third kappa shape index (κ3) is 4.00. The van der Waals surface area contributed by atoms with Crippen molar-refractivity contribution in [1.29, 1.82) is 0 Å². The van der Waals surface area contributed by atoms with Crippen molar-refractivity contribution in [3.63, 3.8) is 0 Å². The maximum absolute atomic E-state index is 13.7. The highest BCUT2D eigenvalue weighted by Crippen LogP contribution is 2.33. The number of morpholine rings is 1. The number of fused-ring (bicyclic) bond motifs is 1. The summed E-state index contributed by atoms with van der Waals surface area (Å²) in [7, 11) is 1.91. The molecule has 4 nitrogen and oxygen atoms in total. The van der Waals surface area contributed by atoms with Gasteiger partial charge in [0.1, 0.15) is 11.4 Å². The fourth-order valence-electron chi connectivity index (χ4n) is 3.88. The SMILES string of the molecule is Cn1cnc2ccc([C@]3(C)CN(Cc4cc(F)cc(C(F)(F)F)c4)CCO3)cc21. The Morgan fingerprint density at radius 1 is 1.17 bits per heavy atom. The van der Waals surface area contributed by atoms with Crippen molar-refractivity contribution in [2.75, 3.05) is 19.7 Å². The van der Waals surface area contributed by atoms with Gasteiger partial charge in [-0.05, 0) is 48.4 Å². The number of imidazole rings is 1. The van der Waals surface area contributed by atoms with Gasteiger partial charge in [0.25, 0.3) is 0 Å². The van der Waals surface area contributed by atoms with E-state index in [-0.39, 0.29) is 6.54 Å². The minimum absolute atomic E-state index is 0.216. The average Bonchev–Trinajstić information content (AvgIpc) is 3.01. The van der Waals surface area contributed by atoms with Crippen molar-refractivity contribution < 1.29 is 22.3 Å². The maximum atomic E-state index is 13.7. The number of nitrogens with zero attached hydrogens (tertiary/aromatic N) is 3. The maximum Gasteiger partial charge on any atom is 0.416 e. The number of hydrogen-bond donors (Lipinski definition) is 0. The van der Waals surface area contributed by atoms with Gasteiger partial charge >= 0.3 is 6.18 Å². The molecule has 1 saturated heterocycles. The van der Waals surface area contributed by atoms with Gasteiger partial charge in [0.15, 0.2) is 0 Å². The molecule has 0 unspecified atom stereocenters. The van der Waals surface area contributed by atoms with Crippen LogP contribution in [0.5, 0.6) is 0 Å². The lowest BCUT2D eigenvalue weighted by atomic mass is 9.93. The van der Waals surface area contributed by atoms with Gasteiger partial charge in [-0.25, -0.2) is 9.37 Å². The van der Waals surface area contributed by atoms with Gasteiger partial charge in [-0.1, -0.05) is 6.07 Å². The first-order valence-electron chi connectivity index (χ1n) is 9.29. The number of alkyl halides is 3. The van der Waals surface area contributed by atoms with Crippen LogP contribution in [-0.2, 0) is 30.1 Å². The Kier molecular flexibility index (Phi) is 4.86. The molecule has 1 aliphatic heterocycles. The molecule has 2 heterocycles. The minimum Gasteiger partial charge on any atom is -0.368 e. The first kappa shape index (κ1) is 19.8. The Bertz CT molecular complexity index is 1050. The first-order valence-corrected chi connectivity index (χ1v) is 9.29. The predicted molar refractivity (Wildman–Crippen MR) is 101 cm³/mol. The highest BCUT2D eigenvalue weighted by atomic mass is 19.4. The molecule has 0 saturated carbocycles. The summed E-state index contributed by atoms with van der Waals surface area (Å²) < 4.78 is 60.7. The van der Waals surface area contributed by atoms with Crippen LogP contribution in [0.1, 0.15) is 23.6 Å². The van der Waals surface area contributed by atoms with Gasteiger partial charge in [-0.3, -0.25) is 4.90 Å². The lowest BCUT2D eigenvalue weighted by Crippen LogP contribution is -2.47. The summed E-state index contributed by atoms with van der Waals surface area (Å²) in [4.78, 5) is 6.31. The number of benzene rings is 2. The zero-order valence-corrected chi connectivity index (χ0v) is 16.1. The number of halogens is 4. The van der Waals surface area contributed by atoms with E-state index in [1.165, 1.54) is 0 Å². The highest BCUT2D eigenvalue weighted by Gasteiger charge is 2.35. The van der Waals surface area contributed by atoms with Crippen LogP contribution in [0.15, 0.2) is 42.7 Å². The molecule has 1 aromatic heterocycles. The molecule has 0 radical (unpaired) electrons. The lowest BCUT2D eigenvalue weighted by Gasteiger charge is -2.41. The van der Waals surface area contributed by atoms with Crippen LogP contribution in [0, 0.1) is 5.82 Å². The predicted octanol–water partition coefficient (Wildman–Crippen LogP) is 4.48. The molecule has 0 N–H and O–H groups in total. The fourth-order valence-corrected chi connectivity index (χ4v) is 3.88. The number of aryl methyl sites for hydroxylation is 1. The van der Waals surface area contributed by atoms with E-state index < -0.39 is 23.2 Å². The average molecular weight is 407 g/mol. The van der Waals surface area contributed by atoms with Crippen molar-refractivity contribution in [2.45, 2.75) is 25.2 Å². The molecule has 4 rings (SSSR count). The van der Waals surface area contributed by atoms with Gasteiger partial charge in [0.2, 0.25) is 0 Å². The smallest absolute Gasteiger partial charge is 0.368 e. The molecule has 1 aliphatic rings. The fraction of sp³-hybridized carbons (Fsp3) is 0.381. The van der Waals surface area contributed by atoms with Gasteiger partial charge < -0.3 is 9.30 Å². The van der Waals surface area contributed by atoms with E-state index in [1.54, 1.807) is 6.33 Å². The molecule has 0 aliphatic carbocycles. The monoisotopic (exact) mass is 407 g/mol. The molecule has 0 spiro atoms. The van der Waals surface area contributed by atoms with Crippen LogP contribution in [-0.4, -0.2) is 34.1 Å². The number of aromatic nitrogens is 2. The van der Waals surface area contributed by atoms with Gasteiger partial charge in [-0.2, -0.15) is 13.2 Å². The van der Waals surface area contributed by atoms with E-state index in [0.29, 0.717) is 31.3 Å². The Hall–Kier alpha value is -2.45. The van der Waals surface area contributed by atoms with E-state index in [1.807, 2.05) is 41.6 Å². The van der Waals surface area contributed by atoms with E-state index in [4.69, 9.17) is 4.74 Å². The Balaban J connectivity index is 1.58. The second-order valence-corrected chi connectivity index (χ2v) is 7.69. The second-order valence-electron chi connectivity index (χ2n) is 7.69. The zero-order valence-electron chi connectivity index (χ0n) is 16.1. The van der Waals surface area contributed by atoms with Crippen molar-refractivity contribution in [3.05, 3.63) is 65.2 Å². The number of rotatable bonds is 3. The molecule has 0 bridgehead atoms. The van der Waals surface area contributed by atoms with Crippen LogP contribution in [0.2, 0.25) is 0 Å². The first-order chi connectivity index (χ1) is 13.6. The Labute approximate surface area is 165 Å². The molecule has 1 fully saturated rings. The quantitative estimate of drug-likeness (QED) is 0.600. The van der Waals surface area contributed by atoms with Crippen LogP contribution in [0.3, 0.4) is 0 Å². The van der Waals surface area contributed by atoms with E-state index >= 15 is 0 Å². The molecule has 8 heteroatoms. The van der Waals surface area contributed by atoms with Crippen molar-refractivity contribution in [3.8, 4) is 0 Å². The standard InChI is InChI=1S/C21H21F4N3O/c1-20(15-3-4-18-19(10-15)27(2)13-26-18)12-28(5-6-29-20)11-14-7-16(21(23,24)25)9-17(22)8-14/h3-4,7-10,13H,5-6,11-12H2,1-2H3/t20-/m0/s1. The highest BCUT2D eigenvalue weighted by molar-refractivity contribution is 5.76. The van der Waals surface area contributed by atoms with Crippen molar-refractivity contribution in [1.82, 2.24) is 14.5 Å². The van der Waals surface area contributed by atoms with Crippen molar-refractivity contribution >= 4 is 11.0 Å². The third-order valence-corrected chi connectivity index (χ3v) is 5.38. The second kappa shape index (κ2) is 7.11. The summed E-state index contributed by atoms with van der Waals surface area (Å²) >= 11 is 0. The van der Waals surface area contributed by atoms with Crippen LogP contribution < -0.4 is 0 Å². The van der Waals surface area contributed by atoms with Crippen molar-refractivity contribution in [2.24, 2.45) is 7.05 Å². The Morgan fingerprint density at radius 3 is 2.72 bits per heavy atom. The molecule has 3 aromatic rings.